The van der Waals surface area contributed by atoms with Gasteiger partial charge in [-0.15, -0.1) is 0 Å². The smallest absolute Gasteiger partial charge is 0.00990 e. The van der Waals surface area contributed by atoms with E-state index in [1.807, 2.05) is 0 Å². The SMILES string of the molecule is c1ccc2c(-c3ccc(CCCCCc4ccc(-c5cccc6ccccc56)c5ccccc45)c4ccccc34)cccc2c1. The highest BCUT2D eigenvalue weighted by atomic mass is 14.2. The monoisotopic (exact) mass is 576 g/mol. The summed E-state index contributed by atoms with van der Waals surface area (Å²) in [4.78, 5) is 0. The van der Waals surface area contributed by atoms with Crippen molar-refractivity contribution >= 4 is 43.1 Å². The summed E-state index contributed by atoms with van der Waals surface area (Å²) in [6.07, 6.45) is 5.83. The number of fused-ring (bicyclic) bond motifs is 4. The van der Waals surface area contributed by atoms with E-state index in [0.29, 0.717) is 0 Å². The second-order valence-corrected chi connectivity index (χ2v) is 12.2. The molecule has 0 N–H and O–H groups in total. The first kappa shape index (κ1) is 27.4. The van der Waals surface area contributed by atoms with Crippen molar-refractivity contribution in [3.8, 4) is 22.3 Å². The van der Waals surface area contributed by atoms with Crippen molar-refractivity contribution in [3.63, 3.8) is 0 Å². The standard InChI is InChI=1S/C45H36/c1(2-14-34-28-30-44(40-24-10-8-22-38(34)40)42-26-12-18-32-16-4-6-20-36(32)42)3-15-35-29-31-45(41-25-11-9-23-39(35)41)43-27-13-19-33-17-5-7-21-37(33)43/h4-13,16-31H,1-3,14-15H2. The van der Waals surface area contributed by atoms with Gasteiger partial charge in [-0.1, -0.05) is 164 Å². The van der Waals surface area contributed by atoms with Gasteiger partial charge < -0.3 is 0 Å². The van der Waals surface area contributed by atoms with Crippen LogP contribution in [0.5, 0.6) is 0 Å². The van der Waals surface area contributed by atoms with Gasteiger partial charge in [0.2, 0.25) is 0 Å². The Morgan fingerprint density at radius 2 is 0.600 bits per heavy atom. The predicted octanol–water partition coefficient (Wildman–Crippen LogP) is 12.6. The molecule has 0 saturated heterocycles. The maximum Gasteiger partial charge on any atom is -0.00990 e. The van der Waals surface area contributed by atoms with Crippen molar-refractivity contribution in [2.24, 2.45) is 0 Å². The molecule has 0 heteroatoms. The van der Waals surface area contributed by atoms with Crippen LogP contribution in [-0.2, 0) is 12.8 Å². The molecule has 0 heterocycles. The molecular formula is C45H36. The summed E-state index contributed by atoms with van der Waals surface area (Å²) in [5.74, 6) is 0. The Labute approximate surface area is 265 Å². The Morgan fingerprint density at radius 1 is 0.244 bits per heavy atom. The van der Waals surface area contributed by atoms with E-state index < -0.39 is 0 Å². The van der Waals surface area contributed by atoms with Gasteiger partial charge in [-0.25, -0.2) is 0 Å². The quantitative estimate of drug-likeness (QED) is 0.158. The van der Waals surface area contributed by atoms with Gasteiger partial charge in [0, 0.05) is 0 Å². The summed E-state index contributed by atoms with van der Waals surface area (Å²) in [6.45, 7) is 0. The first-order valence-corrected chi connectivity index (χ1v) is 16.3. The highest BCUT2D eigenvalue weighted by molar-refractivity contribution is 6.07. The maximum atomic E-state index is 2.37. The molecule has 0 atom stereocenters. The van der Waals surface area contributed by atoms with Gasteiger partial charge in [0.25, 0.3) is 0 Å². The lowest BCUT2D eigenvalue weighted by molar-refractivity contribution is 0.681. The minimum atomic E-state index is 1.11. The third kappa shape index (κ3) is 5.17. The molecule has 8 aromatic rings. The Balaban J connectivity index is 1.000. The van der Waals surface area contributed by atoms with Crippen molar-refractivity contribution in [2.45, 2.75) is 32.1 Å². The van der Waals surface area contributed by atoms with Crippen LogP contribution < -0.4 is 0 Å². The van der Waals surface area contributed by atoms with Gasteiger partial charge in [-0.05, 0) is 102 Å². The predicted molar refractivity (Wildman–Crippen MR) is 195 cm³/mol. The van der Waals surface area contributed by atoms with Crippen LogP contribution in [0.3, 0.4) is 0 Å². The summed E-state index contributed by atoms with van der Waals surface area (Å²) in [5, 5.41) is 10.7. The average Bonchev–Trinajstić information content (AvgIpc) is 3.11. The molecule has 0 bridgehead atoms. The van der Waals surface area contributed by atoms with Crippen LogP contribution in [0.25, 0.3) is 65.3 Å². The molecule has 0 unspecified atom stereocenters. The zero-order valence-electron chi connectivity index (χ0n) is 25.5. The van der Waals surface area contributed by atoms with E-state index in [1.165, 1.54) is 95.7 Å². The molecular weight excluding hydrogens is 540 g/mol. The largest absolute Gasteiger partial charge is 0.0616 e. The second kappa shape index (κ2) is 12.1. The van der Waals surface area contributed by atoms with E-state index in [2.05, 4.69) is 158 Å². The van der Waals surface area contributed by atoms with E-state index in [1.54, 1.807) is 0 Å². The van der Waals surface area contributed by atoms with E-state index in [0.717, 1.165) is 12.8 Å². The minimum absolute atomic E-state index is 1.11. The highest BCUT2D eigenvalue weighted by Crippen LogP contribution is 2.37. The van der Waals surface area contributed by atoms with Crippen LogP contribution in [0.2, 0.25) is 0 Å². The zero-order chi connectivity index (χ0) is 30.0. The molecule has 0 aliphatic heterocycles. The Kier molecular flexibility index (Phi) is 7.33. The second-order valence-electron chi connectivity index (χ2n) is 12.2. The third-order valence-electron chi connectivity index (χ3n) is 9.58. The molecule has 8 rings (SSSR count). The first-order chi connectivity index (χ1) is 22.3. The summed E-state index contributed by atoms with van der Waals surface area (Å²) in [6, 6.07) is 58.1. The molecule has 0 spiro atoms. The summed E-state index contributed by atoms with van der Waals surface area (Å²) < 4.78 is 0. The lowest BCUT2D eigenvalue weighted by Crippen LogP contribution is -1.93. The van der Waals surface area contributed by atoms with Crippen LogP contribution in [0.1, 0.15) is 30.4 Å². The Morgan fingerprint density at radius 3 is 1.07 bits per heavy atom. The summed E-state index contributed by atoms with van der Waals surface area (Å²) in [7, 11) is 0. The number of hydrogen-bond acceptors (Lipinski definition) is 0. The van der Waals surface area contributed by atoms with Gasteiger partial charge >= 0.3 is 0 Å². The third-order valence-corrected chi connectivity index (χ3v) is 9.58. The van der Waals surface area contributed by atoms with Crippen LogP contribution in [0.15, 0.2) is 158 Å². The molecule has 0 amide bonds. The van der Waals surface area contributed by atoms with Crippen molar-refractivity contribution in [3.05, 3.63) is 169 Å². The van der Waals surface area contributed by atoms with Crippen LogP contribution in [-0.4, -0.2) is 0 Å². The van der Waals surface area contributed by atoms with Crippen LogP contribution in [0.4, 0.5) is 0 Å². The number of hydrogen-bond donors (Lipinski definition) is 0. The van der Waals surface area contributed by atoms with Gasteiger partial charge in [0.05, 0.1) is 0 Å². The number of aryl methyl sites for hydroxylation is 2. The van der Waals surface area contributed by atoms with Crippen molar-refractivity contribution < 1.29 is 0 Å². The molecule has 0 aromatic heterocycles. The lowest BCUT2D eigenvalue weighted by atomic mass is 9.90. The average molecular weight is 577 g/mol. The molecule has 0 fully saturated rings. The summed E-state index contributed by atoms with van der Waals surface area (Å²) >= 11 is 0. The Bertz CT molecular complexity index is 2130. The first-order valence-electron chi connectivity index (χ1n) is 16.3. The number of rotatable bonds is 8. The minimum Gasteiger partial charge on any atom is -0.0616 e. The highest BCUT2D eigenvalue weighted by Gasteiger charge is 2.12. The van der Waals surface area contributed by atoms with Gasteiger partial charge in [0.15, 0.2) is 0 Å². The maximum absolute atomic E-state index is 2.37. The van der Waals surface area contributed by atoms with Gasteiger partial charge in [0.1, 0.15) is 0 Å². The van der Waals surface area contributed by atoms with Crippen molar-refractivity contribution in [1.82, 2.24) is 0 Å². The molecule has 0 aliphatic carbocycles. The van der Waals surface area contributed by atoms with E-state index in [-0.39, 0.29) is 0 Å². The number of unbranched alkanes of at least 4 members (excludes halogenated alkanes) is 2. The van der Waals surface area contributed by atoms with Crippen LogP contribution in [0, 0.1) is 0 Å². The molecule has 0 nitrogen and oxygen atoms in total. The van der Waals surface area contributed by atoms with E-state index in [4.69, 9.17) is 0 Å². The number of benzene rings is 8. The van der Waals surface area contributed by atoms with E-state index in [9.17, 15) is 0 Å². The fraction of sp³-hybridized carbons (Fsp3) is 0.111. The van der Waals surface area contributed by atoms with Crippen LogP contribution >= 0.6 is 0 Å². The van der Waals surface area contributed by atoms with Gasteiger partial charge in [-0.2, -0.15) is 0 Å². The fourth-order valence-electron chi connectivity index (χ4n) is 7.36. The fourth-order valence-corrected chi connectivity index (χ4v) is 7.36. The molecule has 0 radical (unpaired) electrons. The molecule has 216 valence electrons. The Hall–Kier alpha value is -5.20. The lowest BCUT2D eigenvalue weighted by Gasteiger charge is -2.14. The van der Waals surface area contributed by atoms with Crippen molar-refractivity contribution in [2.75, 3.05) is 0 Å². The van der Waals surface area contributed by atoms with E-state index >= 15 is 0 Å². The normalized spacial score (nSPS) is 11.6. The molecule has 0 saturated carbocycles. The topological polar surface area (TPSA) is 0 Å². The molecule has 0 aliphatic rings. The summed E-state index contributed by atoms with van der Waals surface area (Å²) in [5.41, 5.74) is 8.19. The molecule has 8 aromatic carbocycles. The van der Waals surface area contributed by atoms with Gasteiger partial charge in [-0.3, -0.25) is 0 Å². The molecule has 45 heavy (non-hydrogen) atoms. The van der Waals surface area contributed by atoms with Crippen molar-refractivity contribution in [1.29, 1.82) is 0 Å². The zero-order valence-corrected chi connectivity index (χ0v) is 25.5.